The second-order valence-corrected chi connectivity index (χ2v) is 5.82. The van der Waals surface area contributed by atoms with Gasteiger partial charge in [-0.2, -0.15) is 0 Å². The van der Waals surface area contributed by atoms with Crippen LogP contribution in [0.25, 0.3) is 0 Å². The molecule has 128 valence electrons. The Morgan fingerprint density at radius 3 is 2.70 bits per heavy atom. The van der Waals surface area contributed by atoms with Crippen molar-refractivity contribution in [1.82, 2.24) is 9.80 Å². The number of likely N-dealkylation sites (N-methyl/N-ethyl adjacent to an activating group) is 1. The van der Waals surface area contributed by atoms with Gasteiger partial charge >= 0.3 is 0 Å². The molecule has 23 heavy (non-hydrogen) atoms. The maximum Gasteiger partial charge on any atom is 0.239 e. The van der Waals surface area contributed by atoms with Gasteiger partial charge in [0.05, 0.1) is 32.4 Å². The van der Waals surface area contributed by atoms with E-state index < -0.39 is 0 Å². The molecule has 6 heteroatoms. The standard InChI is InChI=1S/C17H26N2O4/c1-5-23-15-7-6-13(8-16(15)22-4)9-19-12(2)17(21)18(3)10-14(19)11-20/h6-8,12,14,20H,5,9-11H2,1-4H3/t12-,14-/m0/s1. The fraction of sp³-hybridized carbons (Fsp3) is 0.588. The molecule has 1 saturated heterocycles. The number of amides is 1. The molecule has 2 rings (SSSR count). The van der Waals surface area contributed by atoms with Gasteiger partial charge in [0.15, 0.2) is 11.5 Å². The minimum Gasteiger partial charge on any atom is -0.493 e. The van der Waals surface area contributed by atoms with E-state index in [4.69, 9.17) is 9.47 Å². The quantitative estimate of drug-likeness (QED) is 0.850. The van der Waals surface area contributed by atoms with Gasteiger partial charge in [-0.1, -0.05) is 6.07 Å². The normalized spacial score (nSPS) is 22.3. The van der Waals surface area contributed by atoms with Crippen LogP contribution in [0.3, 0.4) is 0 Å². The first-order valence-corrected chi connectivity index (χ1v) is 7.93. The van der Waals surface area contributed by atoms with Crippen molar-refractivity contribution >= 4 is 5.91 Å². The lowest BCUT2D eigenvalue weighted by atomic mass is 10.0. The molecule has 2 atom stereocenters. The summed E-state index contributed by atoms with van der Waals surface area (Å²) in [5, 5.41) is 9.65. The lowest BCUT2D eigenvalue weighted by Gasteiger charge is -2.43. The number of nitrogens with zero attached hydrogens (tertiary/aromatic N) is 2. The van der Waals surface area contributed by atoms with Crippen molar-refractivity contribution in [2.75, 3.05) is 33.9 Å². The third-order valence-electron chi connectivity index (χ3n) is 4.29. The second kappa shape index (κ2) is 7.66. The predicted molar refractivity (Wildman–Crippen MR) is 87.7 cm³/mol. The maximum atomic E-state index is 12.2. The van der Waals surface area contributed by atoms with Gasteiger partial charge in [-0.25, -0.2) is 0 Å². The summed E-state index contributed by atoms with van der Waals surface area (Å²) in [7, 11) is 3.39. The van der Waals surface area contributed by atoms with Crippen LogP contribution in [0.4, 0.5) is 0 Å². The van der Waals surface area contributed by atoms with E-state index in [9.17, 15) is 9.90 Å². The van der Waals surface area contributed by atoms with E-state index in [1.54, 1.807) is 19.1 Å². The Morgan fingerprint density at radius 1 is 1.35 bits per heavy atom. The number of hydrogen-bond acceptors (Lipinski definition) is 5. The first-order valence-electron chi connectivity index (χ1n) is 7.93. The lowest BCUT2D eigenvalue weighted by Crippen LogP contribution is -2.60. The number of benzene rings is 1. The highest BCUT2D eigenvalue weighted by Gasteiger charge is 2.36. The Labute approximate surface area is 137 Å². The number of rotatable bonds is 6. The molecule has 1 aromatic carbocycles. The molecule has 1 aromatic rings. The molecule has 1 aliphatic rings. The monoisotopic (exact) mass is 322 g/mol. The highest BCUT2D eigenvalue weighted by Crippen LogP contribution is 2.29. The number of methoxy groups -OCH3 is 1. The van der Waals surface area contributed by atoms with E-state index in [2.05, 4.69) is 0 Å². The summed E-state index contributed by atoms with van der Waals surface area (Å²) in [5.41, 5.74) is 1.02. The number of aliphatic hydroxyl groups excluding tert-OH is 1. The predicted octanol–water partition coefficient (Wildman–Crippen LogP) is 1.12. The van der Waals surface area contributed by atoms with Crippen molar-refractivity contribution < 1.29 is 19.4 Å². The van der Waals surface area contributed by atoms with Crippen LogP contribution >= 0.6 is 0 Å². The Hall–Kier alpha value is -1.79. The molecule has 0 bridgehead atoms. The summed E-state index contributed by atoms with van der Waals surface area (Å²) in [6.07, 6.45) is 0. The van der Waals surface area contributed by atoms with Gasteiger partial charge in [-0.05, 0) is 31.5 Å². The van der Waals surface area contributed by atoms with Crippen molar-refractivity contribution in [3.05, 3.63) is 23.8 Å². The van der Waals surface area contributed by atoms with E-state index in [-0.39, 0.29) is 24.6 Å². The van der Waals surface area contributed by atoms with Crippen LogP contribution in [0, 0.1) is 0 Å². The van der Waals surface area contributed by atoms with Crippen molar-refractivity contribution in [2.24, 2.45) is 0 Å². The van der Waals surface area contributed by atoms with Crippen LogP contribution in [0.15, 0.2) is 18.2 Å². The molecule has 1 aliphatic heterocycles. The average Bonchev–Trinajstić information content (AvgIpc) is 2.56. The molecule has 1 fully saturated rings. The Balaban J connectivity index is 2.20. The van der Waals surface area contributed by atoms with Gasteiger partial charge in [0, 0.05) is 20.1 Å². The summed E-state index contributed by atoms with van der Waals surface area (Å²) < 4.78 is 10.9. The van der Waals surface area contributed by atoms with Gasteiger partial charge < -0.3 is 19.5 Å². The molecule has 0 aromatic heterocycles. The van der Waals surface area contributed by atoms with Crippen LogP contribution in [0.5, 0.6) is 11.5 Å². The topological polar surface area (TPSA) is 62.2 Å². The first kappa shape index (κ1) is 17.6. The zero-order valence-electron chi connectivity index (χ0n) is 14.3. The Kier molecular flexibility index (Phi) is 5.85. The van der Waals surface area contributed by atoms with Crippen LogP contribution in [0.1, 0.15) is 19.4 Å². The third-order valence-corrected chi connectivity index (χ3v) is 4.29. The van der Waals surface area contributed by atoms with Crippen molar-refractivity contribution in [1.29, 1.82) is 0 Å². The van der Waals surface area contributed by atoms with E-state index in [0.29, 0.717) is 31.2 Å². The maximum absolute atomic E-state index is 12.2. The van der Waals surface area contributed by atoms with Gasteiger partial charge in [0.25, 0.3) is 0 Å². The number of ether oxygens (including phenoxy) is 2. The summed E-state index contributed by atoms with van der Waals surface area (Å²) >= 11 is 0. The van der Waals surface area contributed by atoms with Crippen molar-refractivity contribution in [3.8, 4) is 11.5 Å². The molecule has 0 radical (unpaired) electrons. The molecule has 0 aliphatic carbocycles. The van der Waals surface area contributed by atoms with Crippen molar-refractivity contribution in [2.45, 2.75) is 32.5 Å². The van der Waals surface area contributed by atoms with E-state index in [0.717, 1.165) is 5.56 Å². The van der Waals surface area contributed by atoms with Crippen molar-refractivity contribution in [3.63, 3.8) is 0 Å². The second-order valence-electron chi connectivity index (χ2n) is 5.82. The zero-order chi connectivity index (χ0) is 17.0. The van der Waals surface area contributed by atoms with Gasteiger partial charge in [0.1, 0.15) is 0 Å². The molecular weight excluding hydrogens is 296 g/mol. The van der Waals surface area contributed by atoms with Crippen LogP contribution in [0.2, 0.25) is 0 Å². The largest absolute Gasteiger partial charge is 0.493 e. The lowest BCUT2D eigenvalue weighted by molar-refractivity contribution is -0.144. The molecular formula is C17H26N2O4. The number of aliphatic hydroxyl groups is 1. The molecule has 1 amide bonds. The molecule has 6 nitrogen and oxygen atoms in total. The van der Waals surface area contributed by atoms with Crippen LogP contribution in [-0.2, 0) is 11.3 Å². The summed E-state index contributed by atoms with van der Waals surface area (Å²) in [4.78, 5) is 15.9. The number of carbonyl (C=O) groups is 1. The Morgan fingerprint density at radius 2 is 2.09 bits per heavy atom. The van der Waals surface area contributed by atoms with Gasteiger partial charge in [-0.3, -0.25) is 9.69 Å². The van der Waals surface area contributed by atoms with Crippen LogP contribution in [-0.4, -0.2) is 66.8 Å². The Bertz CT molecular complexity index is 549. The smallest absolute Gasteiger partial charge is 0.239 e. The minimum atomic E-state index is -0.261. The number of hydrogen-bond donors (Lipinski definition) is 1. The summed E-state index contributed by atoms with van der Waals surface area (Å²) in [5.74, 6) is 1.46. The van der Waals surface area contributed by atoms with E-state index in [1.165, 1.54) is 0 Å². The first-order chi connectivity index (χ1) is 11.0. The summed E-state index contributed by atoms with van der Waals surface area (Å²) in [6, 6.07) is 5.45. The third kappa shape index (κ3) is 3.76. The fourth-order valence-corrected chi connectivity index (χ4v) is 3.01. The minimum absolute atomic E-state index is 0.0239. The van der Waals surface area contributed by atoms with Crippen LogP contribution < -0.4 is 9.47 Å². The van der Waals surface area contributed by atoms with E-state index in [1.807, 2.05) is 36.9 Å². The molecule has 0 spiro atoms. The zero-order valence-corrected chi connectivity index (χ0v) is 14.3. The SMILES string of the molecule is CCOc1ccc(CN2[C@H](CO)CN(C)C(=O)[C@@H]2C)cc1OC. The number of piperazine rings is 1. The molecule has 0 unspecified atom stereocenters. The van der Waals surface area contributed by atoms with Gasteiger partial charge in [0.2, 0.25) is 5.91 Å². The number of carbonyl (C=O) groups excluding carboxylic acids is 1. The molecule has 1 N–H and O–H groups in total. The highest BCUT2D eigenvalue weighted by atomic mass is 16.5. The highest BCUT2D eigenvalue weighted by molar-refractivity contribution is 5.82. The molecule has 1 heterocycles. The fourth-order valence-electron chi connectivity index (χ4n) is 3.01. The van der Waals surface area contributed by atoms with Gasteiger partial charge in [-0.15, -0.1) is 0 Å². The average molecular weight is 322 g/mol. The van der Waals surface area contributed by atoms with E-state index >= 15 is 0 Å². The summed E-state index contributed by atoms with van der Waals surface area (Å²) in [6.45, 7) is 5.52. The molecule has 0 saturated carbocycles.